The minimum absolute atomic E-state index is 0.00197. The third-order valence-corrected chi connectivity index (χ3v) is 11.5. The van der Waals surface area contributed by atoms with E-state index in [4.69, 9.17) is 17.3 Å². The predicted octanol–water partition coefficient (Wildman–Crippen LogP) is 3.92. The lowest BCUT2D eigenvalue weighted by Crippen LogP contribution is -2.55. The number of rotatable bonds is 12. The molecule has 14 nitrogen and oxygen atoms in total. The van der Waals surface area contributed by atoms with Crippen molar-refractivity contribution in [2.75, 3.05) is 18.4 Å². The normalized spacial score (nSPS) is 19.6. The van der Waals surface area contributed by atoms with Gasteiger partial charge in [-0.25, -0.2) is 4.39 Å². The summed E-state index contributed by atoms with van der Waals surface area (Å²) in [6.45, 7) is 0.806. The minimum Gasteiger partial charge on any atom is -0.370 e. The van der Waals surface area contributed by atoms with Crippen molar-refractivity contribution < 1.29 is 38.0 Å². The summed E-state index contributed by atoms with van der Waals surface area (Å²) in [6, 6.07) is 15.8. The molecule has 5 rings (SSSR count). The third kappa shape index (κ3) is 15.0. The SMILES string of the molecule is NC(=O)CC[C@H]1NC(=O)[C@@H](Cc2ccc(NC(=O)C(Cc3ccccc3Cl)NC(=O)Cc3ccc(F)cc3)cc2)NC(=O)CC2(CCCC2)CC(=O)NCCCCCNC1=O. The van der Waals surface area contributed by atoms with Crippen LogP contribution in [0.2, 0.25) is 5.02 Å². The zero-order chi connectivity index (χ0) is 43.8. The van der Waals surface area contributed by atoms with Crippen molar-refractivity contribution in [2.24, 2.45) is 11.1 Å². The molecule has 0 bridgehead atoms. The van der Waals surface area contributed by atoms with Crippen LogP contribution < -0.4 is 37.6 Å². The van der Waals surface area contributed by atoms with Gasteiger partial charge in [0.05, 0.1) is 6.42 Å². The largest absolute Gasteiger partial charge is 0.370 e. The number of nitrogens with two attached hydrogens (primary N) is 1. The van der Waals surface area contributed by atoms with E-state index in [-0.39, 0.29) is 50.9 Å². The number of nitrogens with one attached hydrogen (secondary N) is 6. The molecule has 1 unspecified atom stereocenters. The Hall–Kier alpha value is -5.83. The number of amides is 7. The monoisotopic (exact) mass is 859 g/mol. The molecule has 1 aliphatic carbocycles. The topological polar surface area (TPSA) is 218 Å². The molecule has 7 amide bonds. The molecule has 1 spiro atoms. The summed E-state index contributed by atoms with van der Waals surface area (Å²) in [5.41, 5.74) is 7.04. The molecule has 2 fully saturated rings. The van der Waals surface area contributed by atoms with Gasteiger partial charge in [0.25, 0.3) is 0 Å². The Kier molecular flexibility index (Phi) is 17.2. The van der Waals surface area contributed by atoms with E-state index in [1.54, 1.807) is 48.5 Å². The van der Waals surface area contributed by atoms with Crippen LogP contribution in [0.1, 0.15) is 87.3 Å². The van der Waals surface area contributed by atoms with Crippen molar-refractivity contribution in [1.29, 1.82) is 0 Å². The summed E-state index contributed by atoms with van der Waals surface area (Å²) in [6.07, 6.45) is 5.31. The molecule has 3 atom stereocenters. The molecule has 1 saturated carbocycles. The van der Waals surface area contributed by atoms with Crippen molar-refractivity contribution in [2.45, 2.75) is 108 Å². The van der Waals surface area contributed by atoms with Crippen LogP contribution in [0.15, 0.2) is 72.8 Å². The smallest absolute Gasteiger partial charge is 0.247 e. The number of primary amides is 1. The molecule has 1 heterocycles. The van der Waals surface area contributed by atoms with Gasteiger partial charge in [0, 0.05) is 55.9 Å². The highest BCUT2D eigenvalue weighted by atomic mass is 35.5. The molecule has 0 aromatic heterocycles. The van der Waals surface area contributed by atoms with Gasteiger partial charge in [-0.2, -0.15) is 0 Å². The molecule has 1 aliphatic heterocycles. The Morgan fingerprint density at radius 1 is 0.770 bits per heavy atom. The Balaban J connectivity index is 1.33. The summed E-state index contributed by atoms with van der Waals surface area (Å²) in [5.74, 6) is -3.71. The lowest BCUT2D eigenvalue weighted by Gasteiger charge is -2.29. The summed E-state index contributed by atoms with van der Waals surface area (Å²) in [4.78, 5) is 92.5. The average molecular weight is 860 g/mol. The van der Waals surface area contributed by atoms with E-state index in [0.717, 1.165) is 19.3 Å². The highest BCUT2D eigenvalue weighted by Crippen LogP contribution is 2.44. The fourth-order valence-electron chi connectivity index (χ4n) is 7.87. The first-order chi connectivity index (χ1) is 29.3. The Labute approximate surface area is 360 Å². The molecule has 3 aromatic rings. The van der Waals surface area contributed by atoms with Crippen molar-refractivity contribution >= 4 is 58.6 Å². The molecule has 2 aliphatic rings. The molecule has 1 saturated heterocycles. The Morgan fingerprint density at radius 2 is 1.43 bits per heavy atom. The standard InChI is InChI=1S/C45H55ClFN7O7/c46-34-9-3-2-8-31(34)26-37(52-39(56)25-30-10-14-32(47)15-11-30)43(60)51-33-16-12-29(13-17-33)24-36-44(61)54-35(18-19-38(48)55)42(59)50-23-7-1-6-22-49-40(57)27-45(20-4-5-21-45)28-41(58)53-36/h2-3,8-17,35-37H,1,4-7,18-28H2,(H2,48,55)(H,49,57)(H,50,59)(H,51,60)(H,52,56)(H,53,58)(H,54,61)/t35-,36-,37?/m1/s1. The first-order valence-electron chi connectivity index (χ1n) is 20.9. The van der Waals surface area contributed by atoms with Gasteiger partial charge < -0.3 is 37.6 Å². The van der Waals surface area contributed by atoms with Gasteiger partial charge in [-0.15, -0.1) is 0 Å². The summed E-state index contributed by atoms with van der Waals surface area (Å²) in [7, 11) is 0. The maximum Gasteiger partial charge on any atom is 0.247 e. The van der Waals surface area contributed by atoms with Gasteiger partial charge in [0.15, 0.2) is 0 Å². The quantitative estimate of drug-likeness (QED) is 0.142. The molecule has 0 radical (unpaired) electrons. The van der Waals surface area contributed by atoms with Crippen LogP contribution in [0.3, 0.4) is 0 Å². The van der Waals surface area contributed by atoms with E-state index in [0.29, 0.717) is 66.2 Å². The number of hydrogen-bond donors (Lipinski definition) is 7. The van der Waals surface area contributed by atoms with E-state index in [1.165, 1.54) is 24.3 Å². The van der Waals surface area contributed by atoms with E-state index in [9.17, 15) is 38.0 Å². The average Bonchev–Trinajstić information content (AvgIpc) is 3.67. The van der Waals surface area contributed by atoms with E-state index >= 15 is 0 Å². The summed E-state index contributed by atoms with van der Waals surface area (Å²) in [5, 5.41) is 17.4. The highest BCUT2D eigenvalue weighted by Gasteiger charge is 2.39. The number of halogens is 2. The zero-order valence-corrected chi connectivity index (χ0v) is 34.9. The predicted molar refractivity (Wildman–Crippen MR) is 228 cm³/mol. The molecule has 61 heavy (non-hydrogen) atoms. The molecule has 326 valence electrons. The zero-order valence-electron chi connectivity index (χ0n) is 34.2. The second-order valence-corrected chi connectivity index (χ2v) is 16.5. The lowest BCUT2D eigenvalue weighted by molar-refractivity contribution is -0.133. The number of carbonyl (C=O) groups is 7. The van der Waals surface area contributed by atoms with Gasteiger partial charge in [-0.3, -0.25) is 33.6 Å². The molecule has 3 aromatic carbocycles. The summed E-state index contributed by atoms with van der Waals surface area (Å²) >= 11 is 6.41. The van der Waals surface area contributed by atoms with Gasteiger partial charge in [-0.05, 0) is 91.0 Å². The van der Waals surface area contributed by atoms with Crippen LogP contribution in [0.5, 0.6) is 0 Å². The minimum atomic E-state index is -1.15. The van der Waals surface area contributed by atoms with Crippen LogP contribution in [-0.4, -0.2) is 72.6 Å². The van der Waals surface area contributed by atoms with Gasteiger partial charge in [0.1, 0.15) is 23.9 Å². The molecular formula is C45H55ClFN7O7. The molecular weight excluding hydrogens is 805 g/mol. The van der Waals surface area contributed by atoms with Crippen molar-refractivity contribution in [3.63, 3.8) is 0 Å². The van der Waals surface area contributed by atoms with Crippen molar-refractivity contribution in [3.05, 3.63) is 100 Å². The van der Waals surface area contributed by atoms with Crippen LogP contribution in [0.25, 0.3) is 0 Å². The van der Waals surface area contributed by atoms with Crippen LogP contribution in [0.4, 0.5) is 10.1 Å². The van der Waals surface area contributed by atoms with Crippen molar-refractivity contribution in [1.82, 2.24) is 26.6 Å². The van der Waals surface area contributed by atoms with Gasteiger partial charge in [-0.1, -0.05) is 66.9 Å². The lowest BCUT2D eigenvalue weighted by atomic mass is 9.78. The van der Waals surface area contributed by atoms with E-state index in [2.05, 4.69) is 31.9 Å². The number of anilines is 1. The molecule has 16 heteroatoms. The van der Waals surface area contributed by atoms with Gasteiger partial charge >= 0.3 is 0 Å². The molecule has 8 N–H and O–H groups in total. The Bertz CT molecular complexity index is 2030. The fourth-order valence-corrected chi connectivity index (χ4v) is 8.08. The highest BCUT2D eigenvalue weighted by molar-refractivity contribution is 6.31. The second-order valence-electron chi connectivity index (χ2n) is 16.1. The van der Waals surface area contributed by atoms with Crippen molar-refractivity contribution in [3.8, 4) is 0 Å². The summed E-state index contributed by atoms with van der Waals surface area (Å²) < 4.78 is 13.5. The fraction of sp³-hybridized carbons (Fsp3) is 0.444. The maximum atomic E-state index is 14.0. The van der Waals surface area contributed by atoms with E-state index < -0.39 is 64.8 Å². The van der Waals surface area contributed by atoms with E-state index in [1.807, 2.05) is 0 Å². The van der Waals surface area contributed by atoms with Crippen LogP contribution in [0, 0.1) is 11.2 Å². The number of carbonyl (C=O) groups excluding carboxylic acids is 7. The van der Waals surface area contributed by atoms with Gasteiger partial charge in [0.2, 0.25) is 41.4 Å². The first-order valence-corrected chi connectivity index (χ1v) is 21.2. The third-order valence-electron chi connectivity index (χ3n) is 11.1. The first kappa shape index (κ1) is 46.2. The maximum absolute atomic E-state index is 14.0. The Morgan fingerprint density at radius 3 is 2.11 bits per heavy atom. The number of benzene rings is 3. The second kappa shape index (κ2) is 22.7. The van der Waals surface area contributed by atoms with Crippen LogP contribution >= 0.6 is 11.6 Å². The number of hydrogen-bond acceptors (Lipinski definition) is 7. The van der Waals surface area contributed by atoms with Crippen LogP contribution in [-0.2, 0) is 52.8 Å².